The summed E-state index contributed by atoms with van der Waals surface area (Å²) in [4.78, 5) is 18.3. The molecular weight excluding hydrogens is 204 g/mol. The van der Waals surface area contributed by atoms with E-state index in [4.69, 9.17) is 5.26 Å². The summed E-state index contributed by atoms with van der Waals surface area (Å²) in [7, 11) is 0. The Labute approximate surface area is 91.8 Å². The molecule has 1 amide bonds. The first-order chi connectivity index (χ1) is 7.79. The predicted molar refractivity (Wildman–Crippen MR) is 57.7 cm³/mol. The third-order valence-corrected chi connectivity index (χ3v) is 1.99. The van der Waals surface area contributed by atoms with E-state index in [9.17, 15) is 4.79 Å². The minimum absolute atomic E-state index is 0.264. The molecule has 78 valence electrons. The van der Waals surface area contributed by atoms with Gasteiger partial charge in [-0.3, -0.25) is 4.79 Å². The number of H-pyrrole nitrogens is 1. The molecule has 0 aromatic carbocycles. The van der Waals surface area contributed by atoms with Gasteiger partial charge in [0.15, 0.2) is 0 Å². The third-order valence-electron chi connectivity index (χ3n) is 1.99. The Kier molecular flexibility index (Phi) is 2.65. The molecule has 0 unspecified atom stereocenters. The average Bonchev–Trinajstić information content (AvgIpc) is 2.82. The van der Waals surface area contributed by atoms with Crippen molar-refractivity contribution in [3.63, 3.8) is 0 Å². The van der Waals surface area contributed by atoms with Gasteiger partial charge in [-0.2, -0.15) is 5.26 Å². The van der Waals surface area contributed by atoms with Crippen LogP contribution in [0.3, 0.4) is 0 Å². The molecule has 2 aromatic rings. The normalized spacial score (nSPS) is 9.44. The maximum Gasteiger partial charge on any atom is 0.258 e. The number of aromatic nitrogens is 2. The first-order valence-corrected chi connectivity index (χ1v) is 4.60. The lowest BCUT2D eigenvalue weighted by atomic mass is 10.2. The highest BCUT2D eigenvalue weighted by Crippen LogP contribution is 2.05. The zero-order valence-electron chi connectivity index (χ0n) is 8.27. The van der Waals surface area contributed by atoms with Crippen LogP contribution in [0.4, 0.5) is 5.82 Å². The van der Waals surface area contributed by atoms with Gasteiger partial charge in [-0.05, 0) is 24.3 Å². The fourth-order valence-corrected chi connectivity index (χ4v) is 1.20. The molecule has 0 fully saturated rings. The minimum atomic E-state index is -0.264. The maximum absolute atomic E-state index is 11.7. The number of hydrogen-bond acceptors (Lipinski definition) is 3. The Balaban J connectivity index is 2.12. The van der Waals surface area contributed by atoms with Gasteiger partial charge in [0.2, 0.25) is 0 Å². The summed E-state index contributed by atoms with van der Waals surface area (Å²) >= 11 is 0. The zero-order chi connectivity index (χ0) is 11.4. The summed E-state index contributed by atoms with van der Waals surface area (Å²) < 4.78 is 0. The van der Waals surface area contributed by atoms with Crippen LogP contribution in [-0.2, 0) is 0 Å². The summed E-state index contributed by atoms with van der Waals surface area (Å²) in [6.45, 7) is 0. The Morgan fingerprint density at radius 1 is 1.44 bits per heavy atom. The van der Waals surface area contributed by atoms with E-state index >= 15 is 0 Å². The van der Waals surface area contributed by atoms with E-state index in [2.05, 4.69) is 15.3 Å². The molecule has 0 saturated carbocycles. The second-order valence-electron chi connectivity index (χ2n) is 3.08. The summed E-state index contributed by atoms with van der Waals surface area (Å²) in [6.07, 6.45) is 3.09. The van der Waals surface area contributed by atoms with Crippen molar-refractivity contribution in [2.24, 2.45) is 0 Å². The number of aromatic amines is 1. The molecule has 5 heteroatoms. The van der Waals surface area contributed by atoms with Crippen molar-refractivity contribution in [1.82, 2.24) is 9.97 Å². The Morgan fingerprint density at radius 3 is 2.88 bits per heavy atom. The molecule has 0 atom stereocenters. The number of rotatable bonds is 2. The van der Waals surface area contributed by atoms with Crippen molar-refractivity contribution < 1.29 is 4.79 Å². The number of nitrogens with one attached hydrogen (secondary N) is 2. The van der Waals surface area contributed by atoms with Crippen LogP contribution in [-0.4, -0.2) is 15.9 Å². The monoisotopic (exact) mass is 212 g/mol. The highest BCUT2D eigenvalue weighted by atomic mass is 16.1. The summed E-state index contributed by atoms with van der Waals surface area (Å²) in [5.41, 5.74) is 0.699. The third kappa shape index (κ3) is 2.07. The second kappa shape index (κ2) is 4.28. The largest absolute Gasteiger partial charge is 0.348 e. The van der Waals surface area contributed by atoms with Crippen LogP contribution in [0.1, 0.15) is 16.1 Å². The van der Waals surface area contributed by atoms with E-state index in [1.54, 1.807) is 24.4 Å². The molecule has 0 aliphatic rings. The highest BCUT2D eigenvalue weighted by molar-refractivity contribution is 6.03. The zero-order valence-corrected chi connectivity index (χ0v) is 8.27. The minimum Gasteiger partial charge on any atom is -0.348 e. The van der Waals surface area contributed by atoms with Crippen molar-refractivity contribution >= 4 is 11.7 Å². The lowest BCUT2D eigenvalue weighted by Gasteiger charge is -2.01. The van der Waals surface area contributed by atoms with Gasteiger partial charge in [0.05, 0.1) is 5.56 Å². The number of carbonyl (C=O) groups is 1. The highest BCUT2D eigenvalue weighted by Gasteiger charge is 2.06. The fourth-order valence-electron chi connectivity index (χ4n) is 1.20. The van der Waals surface area contributed by atoms with Crippen LogP contribution in [0.25, 0.3) is 0 Å². The Morgan fingerprint density at radius 2 is 2.31 bits per heavy atom. The molecule has 0 bridgehead atoms. The first kappa shape index (κ1) is 9.93. The molecule has 0 saturated heterocycles. The van der Waals surface area contributed by atoms with Gasteiger partial charge in [0, 0.05) is 12.4 Å². The van der Waals surface area contributed by atoms with Gasteiger partial charge >= 0.3 is 0 Å². The second-order valence-corrected chi connectivity index (χ2v) is 3.08. The number of hydrogen-bond donors (Lipinski definition) is 2. The number of nitrogens with zero attached hydrogens (tertiary/aromatic N) is 2. The van der Waals surface area contributed by atoms with Gasteiger partial charge in [-0.25, -0.2) is 4.98 Å². The number of amides is 1. The summed E-state index contributed by atoms with van der Waals surface area (Å²) in [6, 6.07) is 8.48. The predicted octanol–water partition coefficient (Wildman–Crippen LogP) is 1.53. The van der Waals surface area contributed by atoms with Crippen LogP contribution in [0.2, 0.25) is 0 Å². The van der Waals surface area contributed by atoms with Crippen LogP contribution in [0.15, 0.2) is 36.7 Å². The first-order valence-electron chi connectivity index (χ1n) is 4.60. The number of pyridine rings is 1. The van der Waals surface area contributed by atoms with Gasteiger partial charge in [-0.1, -0.05) is 0 Å². The molecule has 16 heavy (non-hydrogen) atoms. The lowest BCUT2D eigenvalue weighted by Crippen LogP contribution is -2.12. The molecule has 2 rings (SSSR count). The standard InChI is InChI=1S/C11H8N4O/c12-6-9-4-3-8(7-14-9)11(16)15-10-2-1-5-13-10/h1-5,7,13H,(H,15,16). The maximum atomic E-state index is 11.7. The van der Waals surface area contributed by atoms with Gasteiger partial charge in [0.25, 0.3) is 5.91 Å². The van der Waals surface area contributed by atoms with E-state index in [0.29, 0.717) is 11.4 Å². The SMILES string of the molecule is N#Cc1ccc(C(=O)Nc2ccc[nH]2)cn1. The quantitative estimate of drug-likeness (QED) is 0.792. The van der Waals surface area contributed by atoms with E-state index in [1.807, 2.05) is 6.07 Å². The topological polar surface area (TPSA) is 81.6 Å². The van der Waals surface area contributed by atoms with E-state index < -0.39 is 0 Å². The van der Waals surface area contributed by atoms with Crippen LogP contribution < -0.4 is 5.32 Å². The molecule has 2 aromatic heterocycles. The Hall–Kier alpha value is -2.61. The molecule has 2 N–H and O–H groups in total. The fraction of sp³-hybridized carbons (Fsp3) is 0. The molecule has 0 aliphatic heterocycles. The number of nitriles is 1. The molecule has 5 nitrogen and oxygen atoms in total. The summed E-state index contributed by atoms with van der Waals surface area (Å²) in [5.74, 6) is 0.355. The molecular formula is C11H8N4O. The Bertz CT molecular complexity index is 522. The number of anilines is 1. The van der Waals surface area contributed by atoms with E-state index in [1.165, 1.54) is 12.3 Å². The lowest BCUT2D eigenvalue weighted by molar-refractivity contribution is 0.102. The number of carbonyl (C=O) groups excluding carboxylic acids is 1. The van der Waals surface area contributed by atoms with Crippen molar-refractivity contribution in [2.45, 2.75) is 0 Å². The van der Waals surface area contributed by atoms with Crippen molar-refractivity contribution in [3.05, 3.63) is 47.9 Å². The van der Waals surface area contributed by atoms with Crippen molar-refractivity contribution in [2.75, 3.05) is 5.32 Å². The average molecular weight is 212 g/mol. The van der Waals surface area contributed by atoms with Crippen LogP contribution >= 0.6 is 0 Å². The van der Waals surface area contributed by atoms with Gasteiger partial charge < -0.3 is 10.3 Å². The van der Waals surface area contributed by atoms with Crippen molar-refractivity contribution in [3.8, 4) is 6.07 Å². The molecule has 2 heterocycles. The van der Waals surface area contributed by atoms with Gasteiger partial charge in [-0.15, -0.1) is 0 Å². The van der Waals surface area contributed by atoms with Gasteiger partial charge in [0.1, 0.15) is 17.6 Å². The van der Waals surface area contributed by atoms with Crippen LogP contribution in [0, 0.1) is 11.3 Å². The molecule has 0 aliphatic carbocycles. The van der Waals surface area contributed by atoms with Crippen LogP contribution in [0.5, 0.6) is 0 Å². The molecule has 0 radical (unpaired) electrons. The van der Waals surface area contributed by atoms with Crippen molar-refractivity contribution in [1.29, 1.82) is 5.26 Å². The smallest absolute Gasteiger partial charge is 0.258 e. The summed E-state index contributed by atoms with van der Waals surface area (Å²) in [5, 5.41) is 11.2. The van der Waals surface area contributed by atoms with E-state index in [-0.39, 0.29) is 11.6 Å². The van der Waals surface area contributed by atoms with E-state index in [0.717, 1.165) is 0 Å². The molecule has 0 spiro atoms.